The molecule has 10 atom stereocenters. The van der Waals surface area contributed by atoms with Gasteiger partial charge >= 0.3 is 0 Å². The van der Waals surface area contributed by atoms with Crippen molar-refractivity contribution in [1.29, 1.82) is 0 Å². The van der Waals surface area contributed by atoms with E-state index >= 15 is 0 Å². The van der Waals surface area contributed by atoms with Crippen molar-refractivity contribution in [1.82, 2.24) is 0 Å². The SMILES string of the molecule is CC(C)[C@@H](C)CC[C@@H](C)[C@H]1CCC2C3=C[C@@H](O)[C@@]4(O)C[C@@H](O)CC[C@]4(C)C3CC[C@@]21C. The second-order valence-electron chi connectivity index (χ2n) is 13.0. The van der Waals surface area contributed by atoms with Crippen LogP contribution in [0.5, 0.6) is 0 Å². The molecule has 0 aromatic rings. The molecule has 0 heterocycles. The molecule has 3 saturated carbocycles. The van der Waals surface area contributed by atoms with Crippen LogP contribution in [0.25, 0.3) is 0 Å². The van der Waals surface area contributed by atoms with Gasteiger partial charge in [0.1, 0.15) is 11.7 Å². The molecule has 0 spiro atoms. The third-order valence-corrected chi connectivity index (χ3v) is 11.2. The molecule has 0 aromatic carbocycles. The zero-order valence-corrected chi connectivity index (χ0v) is 20.9. The predicted molar refractivity (Wildman–Crippen MR) is 126 cm³/mol. The Kier molecular flexibility index (Phi) is 6.24. The van der Waals surface area contributed by atoms with E-state index in [-0.39, 0.29) is 5.41 Å². The molecule has 0 aliphatic heterocycles. The van der Waals surface area contributed by atoms with Crippen molar-refractivity contribution in [2.24, 2.45) is 46.3 Å². The van der Waals surface area contributed by atoms with Crippen LogP contribution in [-0.2, 0) is 0 Å². The highest BCUT2D eigenvalue weighted by molar-refractivity contribution is 5.33. The molecule has 3 N–H and O–H groups in total. The number of allylic oxidation sites excluding steroid dienone is 1. The average Bonchev–Trinajstić information content (AvgIpc) is 3.05. The van der Waals surface area contributed by atoms with E-state index in [1.807, 2.05) is 6.08 Å². The van der Waals surface area contributed by atoms with Crippen molar-refractivity contribution in [2.45, 2.75) is 117 Å². The average molecular weight is 433 g/mol. The van der Waals surface area contributed by atoms with E-state index in [4.69, 9.17) is 0 Å². The minimum Gasteiger partial charge on any atom is -0.393 e. The summed E-state index contributed by atoms with van der Waals surface area (Å²) in [5.41, 5.74) is 0.260. The van der Waals surface area contributed by atoms with Gasteiger partial charge in [-0.15, -0.1) is 0 Å². The quantitative estimate of drug-likeness (QED) is 0.487. The van der Waals surface area contributed by atoms with Gasteiger partial charge in [-0.1, -0.05) is 66.0 Å². The number of aliphatic hydroxyl groups is 3. The summed E-state index contributed by atoms with van der Waals surface area (Å²) in [5.74, 6) is 3.96. The first-order chi connectivity index (χ1) is 14.4. The lowest BCUT2D eigenvalue weighted by Gasteiger charge is -2.62. The van der Waals surface area contributed by atoms with E-state index in [0.717, 1.165) is 42.9 Å². The zero-order chi connectivity index (χ0) is 22.8. The molecule has 2 unspecified atom stereocenters. The molecule has 0 amide bonds. The lowest BCUT2D eigenvalue weighted by Crippen LogP contribution is -2.65. The molecular formula is C28H48O3. The number of aliphatic hydroxyl groups excluding tert-OH is 2. The molecule has 4 aliphatic rings. The van der Waals surface area contributed by atoms with Gasteiger partial charge in [-0.3, -0.25) is 0 Å². The first-order valence-electron chi connectivity index (χ1n) is 13.2. The molecule has 178 valence electrons. The summed E-state index contributed by atoms with van der Waals surface area (Å²) in [6.45, 7) is 14.3. The van der Waals surface area contributed by atoms with Gasteiger partial charge in [0.2, 0.25) is 0 Å². The Bertz CT molecular complexity index is 700. The molecule has 0 bridgehead atoms. The highest BCUT2D eigenvalue weighted by Gasteiger charge is 2.64. The third kappa shape index (κ3) is 3.56. The van der Waals surface area contributed by atoms with Crippen molar-refractivity contribution >= 4 is 0 Å². The maximum atomic E-state index is 11.6. The van der Waals surface area contributed by atoms with Crippen LogP contribution >= 0.6 is 0 Å². The maximum absolute atomic E-state index is 11.6. The predicted octanol–water partition coefficient (Wildman–Crippen LogP) is 5.72. The van der Waals surface area contributed by atoms with E-state index in [0.29, 0.717) is 23.7 Å². The first-order valence-corrected chi connectivity index (χ1v) is 13.2. The van der Waals surface area contributed by atoms with Gasteiger partial charge in [0.05, 0.1) is 6.10 Å². The molecule has 0 saturated heterocycles. The zero-order valence-electron chi connectivity index (χ0n) is 20.9. The monoisotopic (exact) mass is 432 g/mol. The molecule has 3 nitrogen and oxygen atoms in total. The van der Waals surface area contributed by atoms with Gasteiger partial charge in [-0.25, -0.2) is 0 Å². The minimum atomic E-state index is -1.19. The third-order valence-electron chi connectivity index (χ3n) is 11.2. The summed E-state index contributed by atoms with van der Waals surface area (Å²) in [7, 11) is 0. The van der Waals surface area contributed by atoms with Crippen LogP contribution in [0, 0.1) is 46.3 Å². The van der Waals surface area contributed by atoms with Crippen LogP contribution in [0.4, 0.5) is 0 Å². The Hall–Kier alpha value is -0.380. The summed E-state index contributed by atoms with van der Waals surface area (Å²) in [6.07, 6.45) is 10.1. The first kappa shape index (κ1) is 23.8. The highest BCUT2D eigenvalue weighted by atomic mass is 16.3. The van der Waals surface area contributed by atoms with Crippen LogP contribution < -0.4 is 0 Å². The van der Waals surface area contributed by atoms with E-state index in [9.17, 15) is 15.3 Å². The fraction of sp³-hybridized carbons (Fsp3) is 0.929. The fourth-order valence-electron chi connectivity index (χ4n) is 8.58. The summed E-state index contributed by atoms with van der Waals surface area (Å²) in [6, 6.07) is 0. The minimum absolute atomic E-state index is 0.306. The second kappa shape index (κ2) is 8.13. The Morgan fingerprint density at radius 1 is 0.935 bits per heavy atom. The molecular weight excluding hydrogens is 384 g/mol. The van der Waals surface area contributed by atoms with E-state index < -0.39 is 17.8 Å². The van der Waals surface area contributed by atoms with Crippen molar-refractivity contribution in [3.8, 4) is 0 Å². The molecule has 3 fully saturated rings. The summed E-state index contributed by atoms with van der Waals surface area (Å²) < 4.78 is 0. The van der Waals surface area contributed by atoms with Crippen LogP contribution in [0.1, 0.15) is 99.3 Å². The summed E-state index contributed by atoms with van der Waals surface area (Å²) >= 11 is 0. The standard InChI is InChI=1S/C28H48O3/c1-17(2)18(3)7-8-19(4)22-9-10-23-21-15-25(30)28(31)16-20(29)11-14-27(28,6)24(21)12-13-26(22,23)5/h15,17-20,22-25,29-31H,7-14,16H2,1-6H3/t18-,19+,20-,22+,23?,24?,25+,26+,27+,28-/m0/s1. The van der Waals surface area contributed by atoms with Gasteiger partial charge in [-0.05, 0) is 79.4 Å². The molecule has 0 aromatic heterocycles. The van der Waals surface area contributed by atoms with Gasteiger partial charge in [0.15, 0.2) is 0 Å². The van der Waals surface area contributed by atoms with Crippen molar-refractivity contribution in [2.75, 3.05) is 0 Å². The second-order valence-corrected chi connectivity index (χ2v) is 13.0. The summed E-state index contributed by atoms with van der Waals surface area (Å²) in [5, 5.41) is 33.0. The lowest BCUT2D eigenvalue weighted by molar-refractivity contribution is -0.210. The number of fused-ring (bicyclic) bond motifs is 5. The van der Waals surface area contributed by atoms with Gasteiger partial charge in [-0.2, -0.15) is 0 Å². The smallest absolute Gasteiger partial charge is 0.102 e. The normalized spacial score (nSPS) is 49.1. The maximum Gasteiger partial charge on any atom is 0.102 e. The van der Waals surface area contributed by atoms with Gasteiger partial charge in [0, 0.05) is 11.8 Å². The number of hydrogen-bond acceptors (Lipinski definition) is 3. The topological polar surface area (TPSA) is 60.7 Å². The van der Waals surface area contributed by atoms with Crippen LogP contribution in [0.3, 0.4) is 0 Å². The molecule has 0 radical (unpaired) electrons. The van der Waals surface area contributed by atoms with Crippen molar-refractivity contribution in [3.05, 3.63) is 11.6 Å². The Morgan fingerprint density at radius 3 is 2.32 bits per heavy atom. The Balaban J connectivity index is 1.57. The Labute approximate surface area is 190 Å². The van der Waals surface area contributed by atoms with Crippen LogP contribution in [0.15, 0.2) is 11.6 Å². The van der Waals surface area contributed by atoms with E-state index in [1.54, 1.807) is 0 Å². The number of rotatable bonds is 5. The Morgan fingerprint density at radius 2 is 1.65 bits per heavy atom. The molecule has 4 aliphatic carbocycles. The molecule has 31 heavy (non-hydrogen) atoms. The fourth-order valence-corrected chi connectivity index (χ4v) is 8.58. The van der Waals surface area contributed by atoms with Crippen molar-refractivity contribution in [3.63, 3.8) is 0 Å². The van der Waals surface area contributed by atoms with Gasteiger partial charge < -0.3 is 15.3 Å². The van der Waals surface area contributed by atoms with Crippen molar-refractivity contribution < 1.29 is 15.3 Å². The van der Waals surface area contributed by atoms with Crippen LogP contribution in [0.2, 0.25) is 0 Å². The van der Waals surface area contributed by atoms with Crippen LogP contribution in [-0.4, -0.2) is 33.1 Å². The van der Waals surface area contributed by atoms with E-state index in [2.05, 4.69) is 41.5 Å². The summed E-state index contributed by atoms with van der Waals surface area (Å²) in [4.78, 5) is 0. The van der Waals surface area contributed by atoms with Gasteiger partial charge in [0.25, 0.3) is 0 Å². The van der Waals surface area contributed by atoms with E-state index in [1.165, 1.54) is 37.7 Å². The molecule has 3 heteroatoms. The lowest BCUT2D eigenvalue weighted by atomic mass is 9.45. The number of hydrogen-bond donors (Lipinski definition) is 3. The largest absolute Gasteiger partial charge is 0.393 e. The molecule has 4 rings (SSSR count). The highest BCUT2D eigenvalue weighted by Crippen LogP contribution is 2.67.